The second-order valence-electron chi connectivity index (χ2n) is 5.70. The summed E-state index contributed by atoms with van der Waals surface area (Å²) in [5.41, 5.74) is 0. The highest BCUT2D eigenvalue weighted by molar-refractivity contribution is 4.96. The van der Waals surface area contributed by atoms with Crippen LogP contribution in [0.2, 0.25) is 0 Å². The zero-order chi connectivity index (χ0) is 12.1. The molecule has 17 heavy (non-hydrogen) atoms. The maximum absolute atomic E-state index is 2.74. The molecule has 0 bridgehead atoms. The zero-order valence-electron chi connectivity index (χ0n) is 11.7. The SMILES string of the molecule is CCCN1CCC[CH]C1C1CCCN(CC)C1. The molecule has 2 heterocycles. The van der Waals surface area contributed by atoms with Crippen molar-refractivity contribution in [3.8, 4) is 0 Å². The summed E-state index contributed by atoms with van der Waals surface area (Å²) in [6, 6.07) is 0.776. The molecule has 0 spiro atoms. The molecule has 0 aromatic carbocycles. The summed E-state index contributed by atoms with van der Waals surface area (Å²) in [5, 5.41) is 0. The fourth-order valence-electron chi connectivity index (χ4n) is 3.58. The Bertz CT molecular complexity index is 215. The third-order valence-electron chi connectivity index (χ3n) is 4.46. The van der Waals surface area contributed by atoms with E-state index in [0.29, 0.717) is 0 Å². The Balaban J connectivity index is 1.92. The molecule has 99 valence electrons. The van der Waals surface area contributed by atoms with Gasteiger partial charge in [-0.1, -0.05) is 13.8 Å². The van der Waals surface area contributed by atoms with E-state index >= 15 is 0 Å². The van der Waals surface area contributed by atoms with Crippen molar-refractivity contribution in [2.24, 2.45) is 5.92 Å². The van der Waals surface area contributed by atoms with Crippen LogP contribution in [0.4, 0.5) is 0 Å². The van der Waals surface area contributed by atoms with Gasteiger partial charge in [0.1, 0.15) is 0 Å². The first-order valence-electron chi connectivity index (χ1n) is 7.64. The van der Waals surface area contributed by atoms with Gasteiger partial charge in [0.05, 0.1) is 0 Å². The second kappa shape index (κ2) is 6.75. The quantitative estimate of drug-likeness (QED) is 0.742. The van der Waals surface area contributed by atoms with Crippen molar-refractivity contribution in [3.05, 3.63) is 6.42 Å². The van der Waals surface area contributed by atoms with Crippen LogP contribution >= 0.6 is 0 Å². The van der Waals surface area contributed by atoms with Gasteiger partial charge in [0.2, 0.25) is 0 Å². The van der Waals surface area contributed by atoms with E-state index in [1.807, 2.05) is 0 Å². The van der Waals surface area contributed by atoms with Crippen LogP contribution in [0.25, 0.3) is 0 Å². The van der Waals surface area contributed by atoms with Crippen LogP contribution in [0.3, 0.4) is 0 Å². The lowest BCUT2D eigenvalue weighted by Crippen LogP contribution is -2.50. The molecule has 2 aliphatic heterocycles. The van der Waals surface area contributed by atoms with Gasteiger partial charge in [0.25, 0.3) is 0 Å². The third kappa shape index (κ3) is 3.45. The summed E-state index contributed by atoms with van der Waals surface area (Å²) in [7, 11) is 0. The minimum atomic E-state index is 0.776. The number of likely N-dealkylation sites (tertiary alicyclic amines) is 2. The maximum atomic E-state index is 2.74. The normalized spacial score (nSPS) is 32.8. The van der Waals surface area contributed by atoms with Crippen LogP contribution in [0.15, 0.2) is 0 Å². The van der Waals surface area contributed by atoms with Gasteiger partial charge in [0, 0.05) is 12.6 Å². The van der Waals surface area contributed by atoms with E-state index in [1.54, 1.807) is 0 Å². The average molecular weight is 237 g/mol. The molecule has 2 fully saturated rings. The molecule has 2 unspecified atom stereocenters. The van der Waals surface area contributed by atoms with E-state index in [1.165, 1.54) is 64.8 Å². The van der Waals surface area contributed by atoms with E-state index in [4.69, 9.17) is 0 Å². The van der Waals surface area contributed by atoms with Crippen LogP contribution in [-0.2, 0) is 0 Å². The van der Waals surface area contributed by atoms with Crippen LogP contribution in [0, 0.1) is 12.3 Å². The minimum absolute atomic E-state index is 0.776. The van der Waals surface area contributed by atoms with Crippen molar-refractivity contribution in [2.75, 3.05) is 32.7 Å². The highest BCUT2D eigenvalue weighted by Crippen LogP contribution is 2.29. The number of hydrogen-bond donors (Lipinski definition) is 0. The molecule has 2 rings (SSSR count). The Morgan fingerprint density at radius 2 is 2.06 bits per heavy atom. The predicted octanol–water partition coefficient (Wildman–Crippen LogP) is 2.80. The lowest BCUT2D eigenvalue weighted by atomic mass is 9.84. The van der Waals surface area contributed by atoms with Crippen molar-refractivity contribution < 1.29 is 0 Å². The summed E-state index contributed by atoms with van der Waals surface area (Å²) in [6.07, 6.45) is 9.48. The summed E-state index contributed by atoms with van der Waals surface area (Å²) in [5.74, 6) is 0.899. The second-order valence-corrected chi connectivity index (χ2v) is 5.70. The first-order chi connectivity index (χ1) is 8.35. The van der Waals surface area contributed by atoms with E-state index in [-0.39, 0.29) is 0 Å². The van der Waals surface area contributed by atoms with Crippen molar-refractivity contribution in [1.82, 2.24) is 9.80 Å². The van der Waals surface area contributed by atoms with Gasteiger partial charge < -0.3 is 4.90 Å². The van der Waals surface area contributed by atoms with Crippen LogP contribution < -0.4 is 0 Å². The highest BCUT2D eigenvalue weighted by Gasteiger charge is 2.32. The smallest absolute Gasteiger partial charge is 0.0167 e. The van der Waals surface area contributed by atoms with Crippen molar-refractivity contribution in [1.29, 1.82) is 0 Å². The molecule has 0 saturated carbocycles. The van der Waals surface area contributed by atoms with Gasteiger partial charge in [0.15, 0.2) is 0 Å². The Morgan fingerprint density at radius 3 is 2.82 bits per heavy atom. The summed E-state index contributed by atoms with van der Waals surface area (Å²) in [6.45, 7) is 11.1. The predicted molar refractivity (Wildman–Crippen MR) is 74.0 cm³/mol. The lowest BCUT2D eigenvalue weighted by molar-refractivity contribution is 0.0810. The topological polar surface area (TPSA) is 6.48 Å². The monoisotopic (exact) mass is 237 g/mol. The summed E-state index contributed by atoms with van der Waals surface area (Å²) < 4.78 is 0. The van der Waals surface area contributed by atoms with Gasteiger partial charge >= 0.3 is 0 Å². The van der Waals surface area contributed by atoms with E-state index < -0.39 is 0 Å². The standard InChI is InChI=1S/C15H29N2/c1-3-10-17-12-6-5-9-15(17)14-8-7-11-16(4-2)13-14/h9,14-15H,3-8,10-13H2,1-2H3. The van der Waals surface area contributed by atoms with E-state index in [0.717, 1.165) is 12.0 Å². The fourth-order valence-corrected chi connectivity index (χ4v) is 3.58. The number of nitrogens with zero attached hydrogens (tertiary/aromatic N) is 2. The van der Waals surface area contributed by atoms with Gasteiger partial charge in [-0.05, 0) is 70.6 Å². The Morgan fingerprint density at radius 1 is 1.18 bits per heavy atom. The summed E-state index contributed by atoms with van der Waals surface area (Å²) >= 11 is 0. The van der Waals surface area contributed by atoms with Gasteiger partial charge in [-0.2, -0.15) is 0 Å². The third-order valence-corrected chi connectivity index (χ3v) is 4.46. The highest BCUT2D eigenvalue weighted by atomic mass is 15.2. The Labute approximate surface area is 107 Å². The molecule has 0 N–H and O–H groups in total. The zero-order valence-corrected chi connectivity index (χ0v) is 11.7. The molecule has 0 amide bonds. The average Bonchev–Trinajstić information content (AvgIpc) is 2.40. The van der Waals surface area contributed by atoms with Crippen LogP contribution in [0.5, 0.6) is 0 Å². The number of piperidine rings is 2. The lowest BCUT2D eigenvalue weighted by Gasteiger charge is -2.44. The molecule has 0 aliphatic carbocycles. The number of hydrogen-bond acceptors (Lipinski definition) is 2. The van der Waals surface area contributed by atoms with Crippen molar-refractivity contribution in [3.63, 3.8) is 0 Å². The molecule has 2 aliphatic rings. The molecule has 2 nitrogen and oxygen atoms in total. The minimum Gasteiger partial charge on any atom is -0.303 e. The van der Waals surface area contributed by atoms with Gasteiger partial charge in [-0.25, -0.2) is 0 Å². The molecule has 0 aromatic heterocycles. The van der Waals surface area contributed by atoms with Gasteiger partial charge in [-0.15, -0.1) is 0 Å². The Hall–Kier alpha value is -0.0800. The first kappa shape index (κ1) is 13.4. The first-order valence-corrected chi connectivity index (χ1v) is 7.64. The molecule has 1 radical (unpaired) electrons. The number of rotatable bonds is 4. The summed E-state index contributed by atoms with van der Waals surface area (Å²) in [4.78, 5) is 5.38. The molecule has 2 saturated heterocycles. The molecule has 2 atom stereocenters. The van der Waals surface area contributed by atoms with Crippen molar-refractivity contribution in [2.45, 2.75) is 52.0 Å². The Kier molecular flexibility index (Phi) is 5.30. The van der Waals surface area contributed by atoms with Crippen molar-refractivity contribution >= 4 is 0 Å². The molecule has 2 heteroatoms. The van der Waals surface area contributed by atoms with Crippen LogP contribution in [0.1, 0.15) is 46.0 Å². The largest absolute Gasteiger partial charge is 0.303 e. The fraction of sp³-hybridized carbons (Fsp3) is 0.933. The molecular weight excluding hydrogens is 208 g/mol. The van der Waals surface area contributed by atoms with E-state index in [9.17, 15) is 0 Å². The van der Waals surface area contributed by atoms with Crippen LogP contribution in [-0.4, -0.2) is 48.6 Å². The molecular formula is C15H29N2. The molecule has 0 aromatic rings. The van der Waals surface area contributed by atoms with Gasteiger partial charge in [-0.3, -0.25) is 4.90 Å². The van der Waals surface area contributed by atoms with E-state index in [2.05, 4.69) is 30.1 Å². The maximum Gasteiger partial charge on any atom is 0.0167 e.